The van der Waals surface area contributed by atoms with E-state index in [9.17, 15) is 38.8 Å². The average Bonchev–Trinajstić information content (AvgIpc) is 3.94. The van der Waals surface area contributed by atoms with Crippen LogP contribution in [0, 0.1) is 35.0 Å². The van der Waals surface area contributed by atoms with Crippen molar-refractivity contribution in [2.45, 2.75) is 208 Å². The Morgan fingerprint density at radius 2 is 0.872 bits per heavy atom. The van der Waals surface area contributed by atoms with Gasteiger partial charge in [0.15, 0.2) is 5.57 Å². The van der Waals surface area contributed by atoms with Crippen molar-refractivity contribution in [1.82, 2.24) is 0 Å². The van der Waals surface area contributed by atoms with Gasteiger partial charge in [-0.15, -0.1) is 0 Å². The summed E-state index contributed by atoms with van der Waals surface area (Å²) in [6.45, 7) is 12.2. The molecular formula is C59H79NO16S2. The molecule has 0 spiro atoms. The molecule has 0 N–H and O–H groups in total. The number of hydrogen-bond donors (Lipinski definition) is 0. The van der Waals surface area contributed by atoms with E-state index in [0.717, 1.165) is 113 Å². The first-order valence-corrected chi connectivity index (χ1v) is 29.9. The van der Waals surface area contributed by atoms with Gasteiger partial charge in [0.1, 0.15) is 29.8 Å². The van der Waals surface area contributed by atoms with Crippen LogP contribution < -0.4 is 9.47 Å². The number of ether oxygens (including phenoxy) is 9. The molecule has 4 aliphatic carbocycles. The predicted octanol–water partition coefficient (Wildman–Crippen LogP) is 11.3. The molecule has 1 aromatic carbocycles. The third-order valence-corrected chi connectivity index (χ3v) is 17.5. The highest BCUT2D eigenvalue weighted by atomic mass is 32.2. The average molecular weight is 1120 g/mol. The minimum absolute atomic E-state index is 0.120. The topological polar surface area (TPSA) is 226 Å². The Labute approximate surface area is 467 Å². The van der Waals surface area contributed by atoms with Gasteiger partial charge in [0.2, 0.25) is 0 Å². The van der Waals surface area contributed by atoms with Crippen molar-refractivity contribution in [3.05, 3.63) is 47.3 Å². The van der Waals surface area contributed by atoms with E-state index in [2.05, 4.69) is 13.2 Å². The number of carbonyl (C=O) groups is 7. The number of nitrogens with zero attached hydrogens (tertiary/aromatic N) is 1. The molecule has 1 aromatic rings. The maximum atomic E-state index is 13.8. The molecule has 0 aromatic heterocycles. The highest BCUT2D eigenvalue weighted by Gasteiger charge is 2.38. The van der Waals surface area contributed by atoms with Crippen molar-refractivity contribution in [2.75, 3.05) is 26.4 Å². The lowest BCUT2D eigenvalue weighted by molar-refractivity contribution is -0.160. The molecule has 17 nitrogen and oxygen atoms in total. The summed E-state index contributed by atoms with van der Waals surface area (Å²) in [6.07, 6.45) is 18.7. The number of hydrogen-bond acceptors (Lipinski definition) is 19. The normalized spacial score (nSPS) is 23.8. The number of rotatable bonds is 28. The summed E-state index contributed by atoms with van der Waals surface area (Å²) in [4.78, 5) is 90.2. The van der Waals surface area contributed by atoms with Crippen molar-refractivity contribution >= 4 is 65.3 Å². The lowest BCUT2D eigenvalue weighted by Crippen LogP contribution is -2.33. The third-order valence-electron chi connectivity index (χ3n) is 14.9. The van der Waals surface area contributed by atoms with Crippen LogP contribution in [-0.2, 0) is 66.7 Å². The molecule has 0 amide bonds. The Kier molecular flexibility index (Phi) is 26.1. The fourth-order valence-corrected chi connectivity index (χ4v) is 12.9. The van der Waals surface area contributed by atoms with E-state index in [-0.39, 0.29) is 65.3 Å². The molecule has 0 bridgehead atoms. The van der Waals surface area contributed by atoms with Crippen LogP contribution in [0.5, 0.6) is 11.5 Å². The summed E-state index contributed by atoms with van der Waals surface area (Å²) in [5.41, 5.74) is -0.219. The summed E-state index contributed by atoms with van der Waals surface area (Å²) < 4.78 is 51.9. The van der Waals surface area contributed by atoms with Crippen molar-refractivity contribution in [3.63, 3.8) is 0 Å². The molecule has 19 heteroatoms. The summed E-state index contributed by atoms with van der Waals surface area (Å²) in [6, 6.07) is 5.09. The molecule has 1 aliphatic heterocycles. The van der Waals surface area contributed by atoms with Crippen molar-refractivity contribution in [3.8, 4) is 17.6 Å². The smallest absolute Gasteiger partial charge is 0.350 e. The number of unbranched alkanes of at least 4 members (excludes halogenated alkanes) is 6. The van der Waals surface area contributed by atoms with Crippen LogP contribution in [0.15, 0.2) is 57.0 Å². The Hall–Kier alpha value is -5.16. The van der Waals surface area contributed by atoms with E-state index in [1.165, 1.54) is 0 Å². The summed E-state index contributed by atoms with van der Waals surface area (Å²) in [7, 11) is 0. The number of fused-ring (bicyclic) bond motifs is 1. The number of thioether (sulfide) groups is 2. The van der Waals surface area contributed by atoms with Crippen LogP contribution in [0.1, 0.15) is 168 Å². The van der Waals surface area contributed by atoms with E-state index < -0.39 is 47.8 Å². The van der Waals surface area contributed by atoms with E-state index in [0.29, 0.717) is 118 Å². The van der Waals surface area contributed by atoms with Gasteiger partial charge in [-0.1, -0.05) is 49.5 Å². The van der Waals surface area contributed by atoms with Crippen LogP contribution in [0.4, 0.5) is 0 Å². The van der Waals surface area contributed by atoms with Crippen LogP contribution in [0.2, 0.25) is 0 Å². The van der Waals surface area contributed by atoms with E-state index in [1.54, 1.807) is 26.0 Å². The van der Waals surface area contributed by atoms with Gasteiger partial charge in [0.05, 0.1) is 69.2 Å². The molecule has 1 heterocycles. The second-order valence-corrected chi connectivity index (χ2v) is 23.4. The van der Waals surface area contributed by atoms with Gasteiger partial charge in [-0.05, 0) is 167 Å². The van der Waals surface area contributed by atoms with Crippen LogP contribution in [-0.4, -0.2) is 98.7 Å². The largest absolute Gasteiger partial charge is 0.463 e. The first kappa shape index (κ1) is 62.0. The van der Waals surface area contributed by atoms with Gasteiger partial charge >= 0.3 is 41.8 Å². The third kappa shape index (κ3) is 19.9. The van der Waals surface area contributed by atoms with Gasteiger partial charge < -0.3 is 42.6 Å². The van der Waals surface area contributed by atoms with Gasteiger partial charge in [0, 0.05) is 25.4 Å². The molecule has 428 valence electrons. The molecule has 0 saturated heterocycles. The van der Waals surface area contributed by atoms with Gasteiger partial charge in [-0.3, -0.25) is 19.2 Å². The first-order valence-electron chi connectivity index (χ1n) is 28.3. The summed E-state index contributed by atoms with van der Waals surface area (Å²) in [5, 5.41) is 10.1. The monoisotopic (exact) mass is 1120 g/mol. The van der Waals surface area contributed by atoms with E-state index in [1.807, 2.05) is 6.07 Å². The highest BCUT2D eigenvalue weighted by molar-refractivity contribution is 8.24. The summed E-state index contributed by atoms with van der Waals surface area (Å²) in [5.74, 6) is -3.79. The predicted molar refractivity (Wildman–Crippen MR) is 290 cm³/mol. The van der Waals surface area contributed by atoms with Crippen molar-refractivity contribution in [2.24, 2.45) is 23.7 Å². The lowest BCUT2D eigenvalue weighted by Gasteiger charge is -2.31. The zero-order chi connectivity index (χ0) is 55.8. The minimum Gasteiger partial charge on any atom is -0.463 e. The van der Waals surface area contributed by atoms with Gasteiger partial charge in [0.25, 0.3) is 0 Å². The van der Waals surface area contributed by atoms with Crippen LogP contribution in [0.25, 0.3) is 0 Å². The number of esters is 7. The fourth-order valence-electron chi connectivity index (χ4n) is 10.4. The fraction of sp³-hybridized carbons (Fsp3) is 0.661. The number of benzene rings is 1. The molecule has 0 atom stereocenters. The van der Waals surface area contributed by atoms with Gasteiger partial charge in [-0.2, -0.15) is 5.26 Å². The molecule has 78 heavy (non-hydrogen) atoms. The standard InChI is InChI=1S/C59H79NO16S2/c1-5-50(61)70-35-13-9-7-11-33-68-43-23-15-39(16-24-43)54(63)73-45-27-19-41(20-28-45)56(65)75-48-31-32-49(53-52(48)77-59(78-53)47(37-60)58(67)72-38(3)4)76-57(66)42-21-29-46(30-22-42)74-55(64)40-17-25-44(26-18-40)69-34-12-8-10-14-36-71-51(62)6-2/h5-6,31-32,38-46H,1-2,7-30,33-36H2,3-4H3. The number of carbonyl (C=O) groups excluding carboxylic acids is 7. The summed E-state index contributed by atoms with van der Waals surface area (Å²) >= 11 is 2.15. The molecule has 6 rings (SSSR count). The minimum atomic E-state index is -0.797. The first-order chi connectivity index (χ1) is 37.7. The molecule has 4 saturated carbocycles. The lowest BCUT2D eigenvalue weighted by atomic mass is 9.86. The second kappa shape index (κ2) is 32.8. The Morgan fingerprint density at radius 1 is 0.526 bits per heavy atom. The van der Waals surface area contributed by atoms with E-state index in [4.69, 9.17) is 42.6 Å². The molecule has 4 fully saturated rings. The quantitative estimate of drug-likeness (QED) is 0.0190. The van der Waals surface area contributed by atoms with Crippen molar-refractivity contribution in [1.29, 1.82) is 5.26 Å². The number of nitriles is 1. The van der Waals surface area contributed by atoms with Crippen molar-refractivity contribution < 1.29 is 76.2 Å². The van der Waals surface area contributed by atoms with E-state index >= 15 is 0 Å². The molecular weight excluding hydrogens is 1040 g/mol. The van der Waals surface area contributed by atoms with Gasteiger partial charge in [-0.25, -0.2) is 14.4 Å². The van der Waals surface area contributed by atoms with Crippen LogP contribution in [0.3, 0.4) is 0 Å². The van der Waals surface area contributed by atoms with Crippen LogP contribution >= 0.6 is 23.5 Å². The second-order valence-electron chi connectivity index (χ2n) is 21.1. The zero-order valence-corrected chi connectivity index (χ0v) is 47.1. The Balaban J connectivity index is 0.929. The highest BCUT2D eigenvalue weighted by Crippen LogP contribution is 2.59. The zero-order valence-electron chi connectivity index (χ0n) is 45.5. The molecule has 0 radical (unpaired) electrons. The maximum absolute atomic E-state index is 13.8. The Bertz CT molecular complexity index is 2160. The SMILES string of the molecule is C=CC(=O)OCCCCCCOC1CCC(C(=O)OC2CCC(C(=O)Oc3ccc(OC(=O)C4CCC(OC(=O)C5CCC(OCCCCCCOC(=O)C=C)CC5)CC4)c4c3SC(=C(C#N)C(=O)OC(C)C)S4)CC2)CC1. The Morgan fingerprint density at radius 3 is 1.22 bits per heavy atom. The maximum Gasteiger partial charge on any atom is 0.350 e. The molecule has 0 unspecified atom stereocenters. The molecule has 5 aliphatic rings.